The van der Waals surface area contributed by atoms with Gasteiger partial charge in [-0.15, -0.1) is 0 Å². The lowest BCUT2D eigenvalue weighted by Gasteiger charge is -2.25. The second-order valence-corrected chi connectivity index (χ2v) is 9.46. The van der Waals surface area contributed by atoms with Crippen LogP contribution < -0.4 is 10.1 Å². The van der Waals surface area contributed by atoms with Crippen molar-refractivity contribution in [1.82, 2.24) is 5.32 Å². The maximum absolute atomic E-state index is 12.7. The molecule has 30 heavy (non-hydrogen) atoms. The smallest absolute Gasteiger partial charge is 0.338 e. The van der Waals surface area contributed by atoms with E-state index in [2.05, 4.69) is 52.9 Å². The lowest BCUT2D eigenvalue weighted by atomic mass is 9.79. The fourth-order valence-corrected chi connectivity index (χ4v) is 2.92. The number of hydrogen-bond donors (Lipinski definition) is 1. The Morgan fingerprint density at radius 3 is 2.00 bits per heavy atom. The molecule has 0 aromatic heterocycles. The van der Waals surface area contributed by atoms with E-state index in [1.165, 1.54) is 0 Å². The molecule has 0 fully saturated rings. The van der Waals surface area contributed by atoms with Crippen LogP contribution >= 0.6 is 0 Å². The lowest BCUT2D eigenvalue weighted by Crippen LogP contribution is -2.28. The standard InChI is InChI=1S/C25H33NO4/c1-24(2,3)19-12-18(13-20(14-19)25(4,5)6)23(28)30-16-22(27)26-15-17-10-8-9-11-21(17)29-7/h8-14H,15-16H2,1-7H3,(H,26,27). The van der Waals surface area contributed by atoms with Gasteiger partial charge in [0.05, 0.1) is 12.7 Å². The van der Waals surface area contributed by atoms with E-state index in [-0.39, 0.29) is 23.3 Å². The van der Waals surface area contributed by atoms with Crippen LogP contribution in [-0.4, -0.2) is 25.6 Å². The molecule has 0 atom stereocenters. The number of benzene rings is 2. The molecule has 162 valence electrons. The molecule has 0 saturated heterocycles. The molecule has 2 rings (SSSR count). The highest BCUT2D eigenvalue weighted by Gasteiger charge is 2.23. The van der Waals surface area contributed by atoms with E-state index in [4.69, 9.17) is 9.47 Å². The minimum atomic E-state index is -0.501. The number of carbonyl (C=O) groups is 2. The van der Waals surface area contributed by atoms with Crippen molar-refractivity contribution in [2.45, 2.75) is 58.9 Å². The SMILES string of the molecule is COc1ccccc1CNC(=O)COC(=O)c1cc(C(C)(C)C)cc(C(C)(C)C)c1. The van der Waals surface area contributed by atoms with Gasteiger partial charge in [-0.25, -0.2) is 4.79 Å². The van der Waals surface area contributed by atoms with E-state index in [1.54, 1.807) is 7.11 Å². The van der Waals surface area contributed by atoms with Crippen LogP contribution in [0.3, 0.4) is 0 Å². The zero-order chi connectivity index (χ0) is 22.5. The van der Waals surface area contributed by atoms with Crippen LogP contribution in [0.1, 0.15) is 68.6 Å². The molecule has 0 aliphatic heterocycles. The fraction of sp³-hybridized carbons (Fsp3) is 0.440. The molecule has 2 aromatic rings. The summed E-state index contributed by atoms with van der Waals surface area (Å²) in [6, 6.07) is 13.3. The van der Waals surface area contributed by atoms with Crippen molar-refractivity contribution < 1.29 is 19.1 Å². The summed E-state index contributed by atoms with van der Waals surface area (Å²) >= 11 is 0. The van der Waals surface area contributed by atoms with Crippen LogP contribution in [0.15, 0.2) is 42.5 Å². The number of rotatable bonds is 6. The predicted octanol–water partition coefficient (Wildman–Crippen LogP) is 4.76. The first-order chi connectivity index (χ1) is 13.9. The Hall–Kier alpha value is -2.82. The van der Waals surface area contributed by atoms with Gasteiger partial charge in [0.2, 0.25) is 0 Å². The highest BCUT2D eigenvalue weighted by atomic mass is 16.5. The molecule has 0 unspecified atom stereocenters. The zero-order valence-corrected chi connectivity index (χ0v) is 19.1. The Bertz CT molecular complexity index is 872. The summed E-state index contributed by atoms with van der Waals surface area (Å²) in [5.41, 5.74) is 3.22. The Morgan fingerprint density at radius 1 is 0.900 bits per heavy atom. The number of nitrogens with one attached hydrogen (secondary N) is 1. The molecule has 1 N–H and O–H groups in total. The van der Waals surface area contributed by atoms with Crippen molar-refractivity contribution in [3.8, 4) is 5.75 Å². The van der Waals surface area contributed by atoms with Crippen LogP contribution in [-0.2, 0) is 26.9 Å². The molecule has 0 aliphatic carbocycles. The van der Waals surface area contributed by atoms with E-state index >= 15 is 0 Å². The van der Waals surface area contributed by atoms with Gasteiger partial charge >= 0.3 is 5.97 Å². The number of para-hydroxylation sites is 1. The second kappa shape index (κ2) is 9.33. The first-order valence-electron chi connectivity index (χ1n) is 10.1. The average molecular weight is 412 g/mol. The maximum atomic E-state index is 12.7. The third-order valence-electron chi connectivity index (χ3n) is 4.90. The number of carbonyl (C=O) groups excluding carboxylic acids is 2. The maximum Gasteiger partial charge on any atom is 0.338 e. The summed E-state index contributed by atoms with van der Waals surface area (Å²) in [7, 11) is 1.58. The Kier molecular flexibility index (Phi) is 7.30. The number of ether oxygens (including phenoxy) is 2. The van der Waals surface area contributed by atoms with Crippen LogP contribution in [0.25, 0.3) is 0 Å². The molecule has 0 spiro atoms. The van der Waals surface area contributed by atoms with Gasteiger partial charge in [-0.1, -0.05) is 65.8 Å². The van der Waals surface area contributed by atoms with Crippen LogP contribution in [0.2, 0.25) is 0 Å². The van der Waals surface area contributed by atoms with Crippen molar-refractivity contribution in [2.75, 3.05) is 13.7 Å². The molecular formula is C25H33NO4. The van der Waals surface area contributed by atoms with Gasteiger partial charge in [-0.05, 0) is 40.2 Å². The summed E-state index contributed by atoms with van der Waals surface area (Å²) in [5.74, 6) is -0.167. The van der Waals surface area contributed by atoms with E-state index in [1.807, 2.05) is 36.4 Å². The Morgan fingerprint density at radius 2 is 1.47 bits per heavy atom. The van der Waals surface area contributed by atoms with Gasteiger partial charge in [0, 0.05) is 12.1 Å². The van der Waals surface area contributed by atoms with Gasteiger partial charge in [-0.3, -0.25) is 4.79 Å². The summed E-state index contributed by atoms with van der Waals surface area (Å²) in [5, 5.41) is 2.76. The molecule has 1 amide bonds. The molecule has 0 heterocycles. The van der Waals surface area contributed by atoms with Crippen LogP contribution in [0.5, 0.6) is 5.75 Å². The molecular weight excluding hydrogens is 378 g/mol. The van der Waals surface area contributed by atoms with Crippen molar-refractivity contribution >= 4 is 11.9 Å². The Balaban J connectivity index is 2.06. The normalized spacial score (nSPS) is 11.7. The molecule has 0 saturated carbocycles. The predicted molar refractivity (Wildman–Crippen MR) is 119 cm³/mol. The molecule has 5 heteroatoms. The summed E-state index contributed by atoms with van der Waals surface area (Å²) in [6.45, 7) is 12.6. The minimum absolute atomic E-state index is 0.109. The third kappa shape index (κ3) is 6.34. The van der Waals surface area contributed by atoms with Crippen molar-refractivity contribution in [2.24, 2.45) is 0 Å². The number of methoxy groups -OCH3 is 1. The minimum Gasteiger partial charge on any atom is -0.496 e. The molecule has 0 radical (unpaired) electrons. The summed E-state index contributed by atoms with van der Waals surface area (Å²) < 4.78 is 10.6. The second-order valence-electron chi connectivity index (χ2n) is 9.46. The molecule has 0 aliphatic rings. The van der Waals surface area contributed by atoms with Gasteiger partial charge in [-0.2, -0.15) is 0 Å². The van der Waals surface area contributed by atoms with Crippen molar-refractivity contribution in [3.63, 3.8) is 0 Å². The van der Waals surface area contributed by atoms with Gasteiger partial charge in [0.1, 0.15) is 5.75 Å². The fourth-order valence-electron chi connectivity index (χ4n) is 2.92. The highest BCUT2D eigenvalue weighted by Crippen LogP contribution is 2.30. The zero-order valence-electron chi connectivity index (χ0n) is 19.1. The van der Waals surface area contributed by atoms with Gasteiger partial charge < -0.3 is 14.8 Å². The van der Waals surface area contributed by atoms with Crippen molar-refractivity contribution in [1.29, 1.82) is 0 Å². The number of hydrogen-bond acceptors (Lipinski definition) is 4. The van der Waals surface area contributed by atoms with E-state index < -0.39 is 5.97 Å². The van der Waals surface area contributed by atoms with Crippen LogP contribution in [0.4, 0.5) is 0 Å². The van der Waals surface area contributed by atoms with Crippen LogP contribution in [0, 0.1) is 0 Å². The van der Waals surface area contributed by atoms with E-state index in [0.29, 0.717) is 17.9 Å². The number of amides is 1. The first kappa shape index (κ1) is 23.5. The monoisotopic (exact) mass is 411 g/mol. The molecule has 5 nitrogen and oxygen atoms in total. The lowest BCUT2D eigenvalue weighted by molar-refractivity contribution is -0.124. The summed E-state index contributed by atoms with van der Waals surface area (Å²) in [4.78, 5) is 24.8. The quantitative estimate of drug-likeness (QED) is 0.696. The van der Waals surface area contributed by atoms with Crippen molar-refractivity contribution in [3.05, 3.63) is 64.7 Å². The highest BCUT2D eigenvalue weighted by molar-refractivity contribution is 5.92. The Labute approximate surface area is 179 Å². The molecule has 2 aromatic carbocycles. The summed E-state index contributed by atoms with van der Waals surface area (Å²) in [6.07, 6.45) is 0. The topological polar surface area (TPSA) is 64.6 Å². The largest absolute Gasteiger partial charge is 0.496 e. The molecule has 0 bridgehead atoms. The van der Waals surface area contributed by atoms with E-state index in [0.717, 1.165) is 16.7 Å². The van der Waals surface area contributed by atoms with Gasteiger partial charge in [0.15, 0.2) is 6.61 Å². The average Bonchev–Trinajstić information content (AvgIpc) is 2.68. The van der Waals surface area contributed by atoms with Gasteiger partial charge in [0.25, 0.3) is 5.91 Å². The first-order valence-corrected chi connectivity index (χ1v) is 10.1. The number of esters is 1. The third-order valence-corrected chi connectivity index (χ3v) is 4.90. The van der Waals surface area contributed by atoms with E-state index in [9.17, 15) is 9.59 Å².